The molecule has 0 aliphatic heterocycles. The maximum Gasteiger partial charge on any atom is 0.308 e. The van der Waals surface area contributed by atoms with Crippen LogP contribution < -0.4 is 0 Å². The molecule has 0 spiro atoms. The molecule has 1 aromatic rings. The Bertz CT molecular complexity index is 358. The van der Waals surface area contributed by atoms with E-state index in [-0.39, 0.29) is 17.6 Å². The fourth-order valence-electron chi connectivity index (χ4n) is 1.48. The standard InChI is InChI=1S/C12H16O3.C2H6/c1-8-6-10(4-5-11(8)13)7-9(2)12(14)15-3;1-2/h4-6,9,13H,7H2,1-3H3;1-2H3. The number of aryl methyl sites for hydroxylation is 1. The molecular formula is C14H22O3. The Kier molecular flexibility index (Phi) is 7.03. The molecule has 0 amide bonds. The lowest BCUT2D eigenvalue weighted by Gasteiger charge is -2.09. The summed E-state index contributed by atoms with van der Waals surface area (Å²) in [5, 5.41) is 9.34. The number of carbonyl (C=O) groups is 1. The number of hydrogen-bond acceptors (Lipinski definition) is 3. The van der Waals surface area contributed by atoms with Crippen molar-refractivity contribution in [1.82, 2.24) is 0 Å². The summed E-state index contributed by atoms with van der Waals surface area (Å²) in [6, 6.07) is 5.35. The quantitative estimate of drug-likeness (QED) is 0.823. The highest BCUT2D eigenvalue weighted by atomic mass is 16.5. The highest BCUT2D eigenvalue weighted by Gasteiger charge is 2.13. The Morgan fingerprint density at radius 2 is 2.00 bits per heavy atom. The fraction of sp³-hybridized carbons (Fsp3) is 0.500. The third kappa shape index (κ3) is 4.89. The van der Waals surface area contributed by atoms with Gasteiger partial charge < -0.3 is 9.84 Å². The molecule has 0 aliphatic carbocycles. The number of benzene rings is 1. The Hall–Kier alpha value is -1.51. The van der Waals surface area contributed by atoms with Gasteiger partial charge >= 0.3 is 5.97 Å². The third-order valence-electron chi connectivity index (χ3n) is 2.41. The molecule has 1 rings (SSSR count). The van der Waals surface area contributed by atoms with Gasteiger partial charge in [-0.25, -0.2) is 0 Å². The molecule has 1 aromatic carbocycles. The van der Waals surface area contributed by atoms with Gasteiger partial charge in [-0.15, -0.1) is 0 Å². The highest BCUT2D eigenvalue weighted by Crippen LogP contribution is 2.19. The predicted molar refractivity (Wildman–Crippen MR) is 69.1 cm³/mol. The van der Waals surface area contributed by atoms with E-state index >= 15 is 0 Å². The SMILES string of the molecule is CC.COC(=O)C(C)Cc1ccc(O)c(C)c1. The Labute approximate surface area is 103 Å². The highest BCUT2D eigenvalue weighted by molar-refractivity contribution is 5.72. The van der Waals surface area contributed by atoms with Gasteiger partial charge in [-0.3, -0.25) is 4.79 Å². The number of aromatic hydroxyl groups is 1. The van der Waals surface area contributed by atoms with Gasteiger partial charge in [-0.2, -0.15) is 0 Å². The fourth-order valence-corrected chi connectivity index (χ4v) is 1.48. The number of carbonyl (C=O) groups excluding carboxylic acids is 1. The van der Waals surface area contributed by atoms with Crippen LogP contribution in [0.25, 0.3) is 0 Å². The molecule has 96 valence electrons. The summed E-state index contributed by atoms with van der Waals surface area (Å²) in [6.45, 7) is 7.66. The van der Waals surface area contributed by atoms with Gasteiger partial charge in [-0.1, -0.05) is 32.9 Å². The second-order valence-electron chi connectivity index (χ2n) is 3.75. The number of phenols is 1. The Balaban J connectivity index is 0.00000121. The van der Waals surface area contributed by atoms with Crippen LogP contribution in [0.15, 0.2) is 18.2 Å². The maximum atomic E-state index is 11.2. The molecule has 17 heavy (non-hydrogen) atoms. The summed E-state index contributed by atoms with van der Waals surface area (Å²) < 4.78 is 4.65. The normalized spacial score (nSPS) is 11.1. The van der Waals surface area contributed by atoms with Gasteiger partial charge in [0.05, 0.1) is 13.0 Å². The van der Waals surface area contributed by atoms with Gasteiger partial charge in [0.15, 0.2) is 0 Å². The van der Waals surface area contributed by atoms with Crippen molar-refractivity contribution >= 4 is 5.97 Å². The van der Waals surface area contributed by atoms with Crippen molar-refractivity contribution in [3.05, 3.63) is 29.3 Å². The topological polar surface area (TPSA) is 46.5 Å². The molecule has 1 N–H and O–H groups in total. The molecule has 0 aliphatic rings. The zero-order valence-corrected chi connectivity index (χ0v) is 11.3. The van der Waals surface area contributed by atoms with Crippen LogP contribution in [0, 0.1) is 12.8 Å². The van der Waals surface area contributed by atoms with Crippen molar-refractivity contribution in [1.29, 1.82) is 0 Å². The summed E-state index contributed by atoms with van der Waals surface area (Å²) in [5.74, 6) is -0.0795. The molecule has 0 saturated carbocycles. The van der Waals surface area contributed by atoms with Crippen molar-refractivity contribution in [3.63, 3.8) is 0 Å². The second kappa shape index (κ2) is 7.71. The van der Waals surface area contributed by atoms with Gasteiger partial charge in [0, 0.05) is 0 Å². The molecule has 0 bridgehead atoms. The number of methoxy groups -OCH3 is 1. The van der Waals surface area contributed by atoms with Crippen molar-refractivity contribution < 1.29 is 14.6 Å². The lowest BCUT2D eigenvalue weighted by molar-refractivity contribution is -0.144. The average Bonchev–Trinajstić information content (AvgIpc) is 2.35. The number of ether oxygens (including phenoxy) is 1. The maximum absolute atomic E-state index is 11.2. The van der Waals surface area contributed by atoms with Gasteiger partial charge in [-0.05, 0) is 30.5 Å². The van der Waals surface area contributed by atoms with Crippen LogP contribution in [0.3, 0.4) is 0 Å². The lowest BCUT2D eigenvalue weighted by Crippen LogP contribution is -2.15. The number of rotatable bonds is 3. The molecule has 3 nitrogen and oxygen atoms in total. The van der Waals surface area contributed by atoms with E-state index in [1.807, 2.05) is 39.8 Å². The van der Waals surface area contributed by atoms with E-state index in [1.165, 1.54) is 7.11 Å². The minimum atomic E-state index is -0.208. The molecule has 1 atom stereocenters. The van der Waals surface area contributed by atoms with Gasteiger partial charge in [0.2, 0.25) is 0 Å². The van der Waals surface area contributed by atoms with Crippen LogP contribution in [0.2, 0.25) is 0 Å². The first-order chi connectivity index (χ1) is 8.04. The predicted octanol–water partition coefficient (Wildman–Crippen LogP) is 3.08. The van der Waals surface area contributed by atoms with E-state index in [2.05, 4.69) is 4.74 Å². The number of hydrogen-bond donors (Lipinski definition) is 1. The van der Waals surface area contributed by atoms with Crippen LogP contribution in [-0.4, -0.2) is 18.2 Å². The zero-order valence-electron chi connectivity index (χ0n) is 11.3. The largest absolute Gasteiger partial charge is 0.508 e. The first-order valence-corrected chi connectivity index (χ1v) is 5.91. The molecule has 0 aromatic heterocycles. The second-order valence-corrected chi connectivity index (χ2v) is 3.75. The van der Waals surface area contributed by atoms with Crippen LogP contribution in [0.5, 0.6) is 5.75 Å². The van der Waals surface area contributed by atoms with E-state index in [9.17, 15) is 9.90 Å². The summed E-state index contributed by atoms with van der Waals surface area (Å²) >= 11 is 0. The first kappa shape index (κ1) is 15.5. The average molecular weight is 238 g/mol. The summed E-state index contributed by atoms with van der Waals surface area (Å²) in [6.07, 6.45) is 0.633. The summed E-state index contributed by atoms with van der Waals surface area (Å²) in [4.78, 5) is 11.2. The minimum absolute atomic E-state index is 0.154. The Morgan fingerprint density at radius 3 is 2.47 bits per heavy atom. The van der Waals surface area contributed by atoms with Crippen molar-refractivity contribution in [2.45, 2.75) is 34.1 Å². The van der Waals surface area contributed by atoms with Crippen molar-refractivity contribution in [2.75, 3.05) is 7.11 Å². The third-order valence-corrected chi connectivity index (χ3v) is 2.41. The van der Waals surface area contributed by atoms with Crippen molar-refractivity contribution in [3.8, 4) is 5.75 Å². The molecule has 1 unspecified atom stereocenters. The lowest BCUT2D eigenvalue weighted by atomic mass is 9.99. The van der Waals surface area contributed by atoms with E-state index in [0.29, 0.717) is 6.42 Å². The Morgan fingerprint density at radius 1 is 1.41 bits per heavy atom. The number of phenolic OH excluding ortho intramolecular Hbond substituents is 1. The van der Waals surface area contributed by atoms with Crippen LogP contribution in [0.1, 0.15) is 31.9 Å². The van der Waals surface area contributed by atoms with Gasteiger partial charge in [0.25, 0.3) is 0 Å². The summed E-state index contributed by atoms with van der Waals surface area (Å²) in [7, 11) is 1.39. The van der Waals surface area contributed by atoms with E-state index in [0.717, 1.165) is 11.1 Å². The molecule has 3 heteroatoms. The molecule has 0 saturated heterocycles. The molecule has 0 radical (unpaired) electrons. The molecular weight excluding hydrogens is 216 g/mol. The van der Waals surface area contributed by atoms with Gasteiger partial charge in [0.1, 0.15) is 5.75 Å². The first-order valence-electron chi connectivity index (χ1n) is 5.91. The molecule has 0 fully saturated rings. The minimum Gasteiger partial charge on any atom is -0.508 e. The summed E-state index contributed by atoms with van der Waals surface area (Å²) in [5.41, 5.74) is 1.85. The van der Waals surface area contributed by atoms with Crippen LogP contribution in [0.4, 0.5) is 0 Å². The monoisotopic (exact) mass is 238 g/mol. The smallest absolute Gasteiger partial charge is 0.308 e. The van der Waals surface area contributed by atoms with Crippen molar-refractivity contribution in [2.24, 2.45) is 5.92 Å². The van der Waals surface area contributed by atoms with Crippen LogP contribution >= 0.6 is 0 Å². The van der Waals surface area contributed by atoms with E-state index in [4.69, 9.17) is 0 Å². The van der Waals surface area contributed by atoms with E-state index < -0.39 is 0 Å². The van der Waals surface area contributed by atoms with Crippen LogP contribution in [-0.2, 0) is 16.0 Å². The molecule has 0 heterocycles. The van der Waals surface area contributed by atoms with E-state index in [1.54, 1.807) is 6.07 Å². The number of esters is 1. The zero-order chi connectivity index (χ0) is 13.4.